The highest BCUT2D eigenvalue weighted by Gasteiger charge is 2.17. The first-order chi connectivity index (χ1) is 9.17. The molecule has 0 aliphatic heterocycles. The predicted molar refractivity (Wildman–Crippen MR) is 67.8 cm³/mol. The van der Waals surface area contributed by atoms with Crippen molar-refractivity contribution in [3.8, 4) is 6.07 Å². The summed E-state index contributed by atoms with van der Waals surface area (Å²) in [5, 5.41) is 22.0. The summed E-state index contributed by atoms with van der Waals surface area (Å²) >= 11 is 0. The molecule has 0 spiro atoms. The molecular formula is C13H15N3O3. The molecule has 3 N–H and O–H groups in total. The fourth-order valence-corrected chi connectivity index (χ4v) is 1.51. The zero-order valence-corrected chi connectivity index (χ0v) is 10.3. The number of nitriles is 1. The van der Waals surface area contributed by atoms with Crippen molar-refractivity contribution in [2.75, 3.05) is 13.2 Å². The maximum Gasteiger partial charge on any atom is 0.310 e. The van der Waals surface area contributed by atoms with E-state index in [-0.39, 0.29) is 13.2 Å². The smallest absolute Gasteiger partial charge is 0.310 e. The minimum absolute atomic E-state index is 0.227. The summed E-state index contributed by atoms with van der Waals surface area (Å²) < 4.78 is 0. The molecule has 0 aliphatic rings. The Labute approximate surface area is 111 Å². The van der Waals surface area contributed by atoms with Gasteiger partial charge in [-0.25, -0.2) is 0 Å². The van der Waals surface area contributed by atoms with Crippen LogP contribution in [0, 0.1) is 11.3 Å². The van der Waals surface area contributed by atoms with Crippen LogP contribution in [0.2, 0.25) is 0 Å². The van der Waals surface area contributed by atoms with Crippen LogP contribution in [0.15, 0.2) is 30.3 Å². The molecule has 19 heavy (non-hydrogen) atoms. The standard InChI is InChI=1S/C13H15N3O3/c14-6-7-15-12(18)13(19)16-11(9-17)8-10-4-2-1-3-5-10/h1-5,11,17H,7-9H2,(H,15,18)(H,16,19)/t11-/m0/s1. The fraction of sp³-hybridized carbons (Fsp3) is 0.308. The van der Waals surface area contributed by atoms with Crippen molar-refractivity contribution in [1.29, 1.82) is 5.26 Å². The van der Waals surface area contributed by atoms with Gasteiger partial charge in [0.05, 0.1) is 18.7 Å². The van der Waals surface area contributed by atoms with E-state index in [0.29, 0.717) is 6.42 Å². The van der Waals surface area contributed by atoms with Crippen LogP contribution >= 0.6 is 0 Å². The Morgan fingerprint density at radius 1 is 1.26 bits per heavy atom. The van der Waals surface area contributed by atoms with Crippen LogP contribution in [-0.4, -0.2) is 36.1 Å². The summed E-state index contributed by atoms with van der Waals surface area (Å²) in [6.45, 7) is -0.499. The third kappa shape index (κ3) is 5.19. The number of carbonyl (C=O) groups excluding carboxylic acids is 2. The van der Waals surface area contributed by atoms with Crippen LogP contribution in [0.25, 0.3) is 0 Å². The van der Waals surface area contributed by atoms with Crippen molar-refractivity contribution in [2.24, 2.45) is 0 Å². The van der Waals surface area contributed by atoms with Crippen molar-refractivity contribution in [3.05, 3.63) is 35.9 Å². The molecule has 0 unspecified atom stereocenters. The molecule has 0 bridgehead atoms. The summed E-state index contributed by atoms with van der Waals surface area (Å²) in [6.07, 6.45) is 0.425. The number of amides is 2. The third-order valence-electron chi connectivity index (χ3n) is 2.41. The number of carbonyl (C=O) groups is 2. The van der Waals surface area contributed by atoms with Gasteiger partial charge in [0.15, 0.2) is 0 Å². The van der Waals surface area contributed by atoms with Crippen LogP contribution in [0.1, 0.15) is 5.56 Å². The number of nitrogens with zero attached hydrogens (tertiary/aromatic N) is 1. The Hall–Kier alpha value is -2.39. The molecule has 0 heterocycles. The Balaban J connectivity index is 2.51. The zero-order chi connectivity index (χ0) is 14.1. The highest BCUT2D eigenvalue weighted by molar-refractivity contribution is 6.35. The minimum atomic E-state index is -0.881. The average molecular weight is 261 g/mol. The molecule has 0 saturated heterocycles. The molecular weight excluding hydrogens is 246 g/mol. The van der Waals surface area contributed by atoms with E-state index in [2.05, 4.69) is 10.6 Å². The second kappa shape index (κ2) is 7.84. The molecule has 0 aliphatic carbocycles. The lowest BCUT2D eigenvalue weighted by atomic mass is 10.1. The normalized spacial score (nSPS) is 11.2. The summed E-state index contributed by atoms with van der Waals surface area (Å²) in [5.74, 6) is -1.74. The van der Waals surface area contributed by atoms with Crippen molar-refractivity contribution in [2.45, 2.75) is 12.5 Å². The van der Waals surface area contributed by atoms with Crippen molar-refractivity contribution in [3.63, 3.8) is 0 Å². The first-order valence-corrected chi connectivity index (χ1v) is 5.77. The van der Waals surface area contributed by atoms with E-state index in [4.69, 9.17) is 5.26 Å². The van der Waals surface area contributed by atoms with Gasteiger partial charge in [0, 0.05) is 0 Å². The van der Waals surface area contributed by atoms with Crippen LogP contribution in [-0.2, 0) is 16.0 Å². The Bertz CT molecular complexity index is 468. The minimum Gasteiger partial charge on any atom is -0.394 e. The topological polar surface area (TPSA) is 102 Å². The molecule has 6 nitrogen and oxygen atoms in total. The van der Waals surface area contributed by atoms with Crippen molar-refractivity contribution >= 4 is 11.8 Å². The quantitative estimate of drug-likeness (QED) is 0.484. The largest absolute Gasteiger partial charge is 0.394 e. The van der Waals surface area contributed by atoms with Crippen LogP contribution in [0.5, 0.6) is 0 Å². The van der Waals surface area contributed by atoms with E-state index in [1.54, 1.807) is 6.07 Å². The van der Waals surface area contributed by atoms with Gasteiger partial charge >= 0.3 is 11.8 Å². The Kier molecular flexibility index (Phi) is 6.06. The average Bonchev–Trinajstić information content (AvgIpc) is 2.44. The number of hydrogen-bond acceptors (Lipinski definition) is 4. The number of rotatable bonds is 5. The van der Waals surface area contributed by atoms with Gasteiger partial charge in [0.25, 0.3) is 0 Å². The van der Waals surface area contributed by atoms with E-state index in [9.17, 15) is 14.7 Å². The molecule has 2 amide bonds. The van der Waals surface area contributed by atoms with Gasteiger partial charge < -0.3 is 15.7 Å². The van der Waals surface area contributed by atoms with Gasteiger partial charge in [0.2, 0.25) is 0 Å². The van der Waals surface area contributed by atoms with Crippen LogP contribution in [0.3, 0.4) is 0 Å². The van der Waals surface area contributed by atoms with Gasteiger partial charge in [-0.2, -0.15) is 5.26 Å². The number of nitrogens with one attached hydrogen (secondary N) is 2. The SMILES string of the molecule is N#CCNC(=O)C(=O)N[C@H](CO)Cc1ccccc1. The van der Waals surface area contributed by atoms with Gasteiger partial charge in [0.1, 0.15) is 6.54 Å². The van der Waals surface area contributed by atoms with Crippen molar-refractivity contribution < 1.29 is 14.7 Å². The molecule has 0 saturated carbocycles. The third-order valence-corrected chi connectivity index (χ3v) is 2.41. The van der Waals surface area contributed by atoms with E-state index < -0.39 is 17.9 Å². The molecule has 1 rings (SSSR count). The van der Waals surface area contributed by atoms with E-state index >= 15 is 0 Å². The first-order valence-electron chi connectivity index (χ1n) is 5.77. The van der Waals surface area contributed by atoms with Crippen molar-refractivity contribution in [1.82, 2.24) is 10.6 Å². The second-order valence-electron chi connectivity index (χ2n) is 3.88. The van der Waals surface area contributed by atoms with E-state index in [0.717, 1.165) is 5.56 Å². The molecule has 100 valence electrons. The van der Waals surface area contributed by atoms with E-state index in [1.807, 2.05) is 30.3 Å². The number of aliphatic hydroxyl groups is 1. The highest BCUT2D eigenvalue weighted by atomic mass is 16.3. The molecule has 1 aromatic carbocycles. The maximum atomic E-state index is 11.5. The number of benzene rings is 1. The fourth-order valence-electron chi connectivity index (χ4n) is 1.51. The van der Waals surface area contributed by atoms with Gasteiger partial charge in [-0.05, 0) is 12.0 Å². The lowest BCUT2D eigenvalue weighted by Gasteiger charge is -2.15. The molecule has 0 radical (unpaired) electrons. The molecule has 0 fully saturated rings. The molecule has 6 heteroatoms. The second-order valence-corrected chi connectivity index (χ2v) is 3.88. The van der Waals surface area contributed by atoms with E-state index in [1.165, 1.54) is 0 Å². The zero-order valence-electron chi connectivity index (χ0n) is 10.3. The lowest BCUT2D eigenvalue weighted by molar-refractivity contribution is -0.139. The van der Waals surface area contributed by atoms with Gasteiger partial charge in [-0.1, -0.05) is 30.3 Å². The molecule has 0 aromatic heterocycles. The van der Waals surface area contributed by atoms with Gasteiger partial charge in [-0.15, -0.1) is 0 Å². The first kappa shape index (κ1) is 14.7. The summed E-state index contributed by atoms with van der Waals surface area (Å²) in [4.78, 5) is 22.7. The molecule has 1 atom stereocenters. The lowest BCUT2D eigenvalue weighted by Crippen LogP contribution is -2.46. The Morgan fingerprint density at radius 3 is 2.53 bits per heavy atom. The highest BCUT2D eigenvalue weighted by Crippen LogP contribution is 2.02. The van der Waals surface area contributed by atoms with Gasteiger partial charge in [-0.3, -0.25) is 9.59 Å². The summed E-state index contributed by atoms with van der Waals surface area (Å²) in [6, 6.07) is 10.5. The predicted octanol–water partition coefficient (Wildman–Crippen LogP) is -0.654. The number of hydrogen-bond donors (Lipinski definition) is 3. The van der Waals surface area contributed by atoms with Crippen LogP contribution < -0.4 is 10.6 Å². The maximum absolute atomic E-state index is 11.5. The monoisotopic (exact) mass is 261 g/mol. The number of aliphatic hydroxyl groups excluding tert-OH is 1. The summed E-state index contributed by atoms with van der Waals surface area (Å²) in [5.41, 5.74) is 0.944. The summed E-state index contributed by atoms with van der Waals surface area (Å²) in [7, 11) is 0. The Morgan fingerprint density at radius 2 is 1.95 bits per heavy atom. The van der Waals surface area contributed by atoms with Crippen LogP contribution in [0.4, 0.5) is 0 Å². The molecule has 1 aromatic rings.